The second-order valence-corrected chi connectivity index (χ2v) is 5.96. The number of amides is 1. The van der Waals surface area contributed by atoms with Gasteiger partial charge in [-0.25, -0.2) is 4.39 Å². The minimum Gasteiger partial charge on any atom is -0.460 e. The molecule has 128 valence electrons. The Hall–Kier alpha value is -2.85. The van der Waals surface area contributed by atoms with Gasteiger partial charge in [0.05, 0.1) is 23.1 Å². The van der Waals surface area contributed by atoms with Gasteiger partial charge < -0.3 is 10.1 Å². The summed E-state index contributed by atoms with van der Waals surface area (Å²) in [6.45, 7) is 0.0188. The lowest BCUT2D eigenvalue weighted by Crippen LogP contribution is -2.16. The Morgan fingerprint density at radius 2 is 1.84 bits per heavy atom. The molecule has 5 nitrogen and oxygen atoms in total. The highest BCUT2D eigenvalue weighted by atomic mass is 32.2. The van der Waals surface area contributed by atoms with Crippen LogP contribution in [0.2, 0.25) is 0 Å². The molecule has 0 aromatic heterocycles. The smallest absolute Gasteiger partial charge is 0.316 e. The Morgan fingerprint density at radius 3 is 2.56 bits per heavy atom. The topological polar surface area (TPSA) is 79.2 Å². The summed E-state index contributed by atoms with van der Waals surface area (Å²) in [7, 11) is 0. The number of ether oxygens (including phenoxy) is 1. The Bertz CT molecular complexity index is 788. The molecule has 0 radical (unpaired) electrons. The molecule has 0 saturated carbocycles. The first-order chi connectivity index (χ1) is 12.1. The number of carbonyl (C=O) groups is 2. The summed E-state index contributed by atoms with van der Waals surface area (Å²) in [5.74, 6) is -1.05. The predicted octanol–water partition coefficient (Wildman–Crippen LogP) is 3.11. The fraction of sp³-hybridized carbons (Fsp3) is 0.167. The summed E-state index contributed by atoms with van der Waals surface area (Å²) in [5.41, 5.74) is 1.58. The van der Waals surface area contributed by atoms with Crippen LogP contribution in [0.5, 0.6) is 0 Å². The van der Waals surface area contributed by atoms with Crippen LogP contribution in [0.1, 0.15) is 11.1 Å². The zero-order chi connectivity index (χ0) is 18.1. The minimum absolute atomic E-state index is 0.0188. The molecule has 7 heteroatoms. The van der Waals surface area contributed by atoms with Crippen molar-refractivity contribution < 1.29 is 18.7 Å². The van der Waals surface area contributed by atoms with Gasteiger partial charge in [0, 0.05) is 11.3 Å². The Morgan fingerprint density at radius 1 is 1.12 bits per heavy atom. The second kappa shape index (κ2) is 9.45. The van der Waals surface area contributed by atoms with Gasteiger partial charge in [-0.2, -0.15) is 5.26 Å². The molecular formula is C18H15FN2O3S. The van der Waals surface area contributed by atoms with Gasteiger partial charge in [0.15, 0.2) is 0 Å². The number of nitriles is 1. The molecular weight excluding hydrogens is 343 g/mol. The van der Waals surface area contributed by atoms with Crippen molar-refractivity contribution >= 4 is 29.3 Å². The largest absolute Gasteiger partial charge is 0.460 e. The summed E-state index contributed by atoms with van der Waals surface area (Å²) >= 11 is 1.11. The van der Waals surface area contributed by atoms with Crippen LogP contribution in [0.4, 0.5) is 10.1 Å². The summed E-state index contributed by atoms with van der Waals surface area (Å²) in [6.07, 6.45) is 0. The van der Waals surface area contributed by atoms with Gasteiger partial charge in [0.1, 0.15) is 12.4 Å². The highest BCUT2D eigenvalue weighted by Crippen LogP contribution is 2.11. The van der Waals surface area contributed by atoms with Crippen molar-refractivity contribution in [3.63, 3.8) is 0 Å². The number of anilines is 1. The van der Waals surface area contributed by atoms with Crippen LogP contribution in [0.25, 0.3) is 0 Å². The van der Waals surface area contributed by atoms with Gasteiger partial charge in [-0.3, -0.25) is 9.59 Å². The molecule has 0 fully saturated rings. The molecule has 0 spiro atoms. The Balaban J connectivity index is 1.69. The van der Waals surface area contributed by atoms with E-state index in [1.54, 1.807) is 24.3 Å². The fourth-order valence-corrected chi connectivity index (χ4v) is 2.52. The quantitative estimate of drug-likeness (QED) is 0.770. The summed E-state index contributed by atoms with van der Waals surface area (Å²) in [4.78, 5) is 23.4. The van der Waals surface area contributed by atoms with E-state index < -0.39 is 5.97 Å². The number of thioether (sulfide) groups is 1. The fourth-order valence-electron chi connectivity index (χ4n) is 1.91. The van der Waals surface area contributed by atoms with Crippen LogP contribution < -0.4 is 5.32 Å². The highest BCUT2D eigenvalue weighted by Gasteiger charge is 2.09. The van der Waals surface area contributed by atoms with E-state index in [2.05, 4.69) is 5.32 Å². The molecule has 0 heterocycles. The standard InChI is InChI=1S/C18H15FN2O3S/c19-15-5-7-16(8-6-15)21-17(22)11-25-12-18(23)24-10-14-4-2-1-3-13(14)9-20/h1-8H,10-12H2,(H,21,22). The van der Waals surface area contributed by atoms with Crippen LogP contribution in [0.3, 0.4) is 0 Å². The van der Waals surface area contributed by atoms with Gasteiger partial charge >= 0.3 is 5.97 Å². The van der Waals surface area contributed by atoms with Crippen LogP contribution in [-0.4, -0.2) is 23.4 Å². The average Bonchev–Trinajstić information content (AvgIpc) is 2.62. The molecule has 0 atom stereocenters. The number of hydrogen-bond acceptors (Lipinski definition) is 5. The number of benzene rings is 2. The second-order valence-electron chi connectivity index (χ2n) is 4.98. The van der Waals surface area contributed by atoms with Crippen molar-refractivity contribution in [2.45, 2.75) is 6.61 Å². The van der Waals surface area contributed by atoms with Gasteiger partial charge in [0.2, 0.25) is 5.91 Å². The number of hydrogen-bond donors (Lipinski definition) is 1. The van der Waals surface area contributed by atoms with E-state index in [0.29, 0.717) is 16.8 Å². The Labute approximate surface area is 148 Å². The maximum absolute atomic E-state index is 12.8. The molecule has 0 aliphatic heterocycles. The van der Waals surface area contributed by atoms with Crippen molar-refractivity contribution in [2.75, 3.05) is 16.8 Å². The number of nitrogens with zero attached hydrogens (tertiary/aromatic N) is 1. The van der Waals surface area contributed by atoms with Crippen LogP contribution in [0, 0.1) is 17.1 Å². The SMILES string of the molecule is N#Cc1ccccc1COC(=O)CSCC(=O)Nc1ccc(F)cc1. The van der Waals surface area contributed by atoms with Crippen LogP contribution >= 0.6 is 11.8 Å². The van der Waals surface area contributed by atoms with E-state index in [4.69, 9.17) is 10.00 Å². The summed E-state index contributed by atoms with van der Waals surface area (Å²) < 4.78 is 17.9. The maximum atomic E-state index is 12.8. The molecule has 1 N–H and O–H groups in total. The lowest BCUT2D eigenvalue weighted by atomic mass is 10.1. The van der Waals surface area contributed by atoms with E-state index in [0.717, 1.165) is 11.8 Å². The number of esters is 1. The summed E-state index contributed by atoms with van der Waals surface area (Å²) in [6, 6.07) is 14.3. The number of carbonyl (C=O) groups excluding carboxylic acids is 2. The van der Waals surface area contributed by atoms with Crippen LogP contribution in [0.15, 0.2) is 48.5 Å². The molecule has 0 saturated heterocycles. The molecule has 0 bridgehead atoms. The summed E-state index contributed by atoms with van der Waals surface area (Å²) in [5, 5.41) is 11.6. The Kier molecular flexibility index (Phi) is 6.99. The van der Waals surface area contributed by atoms with Crippen molar-refractivity contribution in [1.29, 1.82) is 5.26 Å². The minimum atomic E-state index is -0.465. The molecule has 0 unspecified atom stereocenters. The zero-order valence-corrected chi connectivity index (χ0v) is 14.0. The van der Waals surface area contributed by atoms with Gasteiger partial charge in [-0.15, -0.1) is 11.8 Å². The van der Waals surface area contributed by atoms with Crippen molar-refractivity contribution in [2.24, 2.45) is 0 Å². The molecule has 2 aromatic carbocycles. The van der Waals surface area contributed by atoms with Crippen LogP contribution in [-0.2, 0) is 20.9 Å². The lowest BCUT2D eigenvalue weighted by molar-refractivity contribution is -0.141. The zero-order valence-electron chi connectivity index (χ0n) is 13.2. The first kappa shape index (κ1) is 18.5. The molecule has 25 heavy (non-hydrogen) atoms. The van der Waals surface area contributed by atoms with Crippen molar-refractivity contribution in [3.05, 3.63) is 65.5 Å². The van der Waals surface area contributed by atoms with Crippen molar-refractivity contribution in [1.82, 2.24) is 0 Å². The van der Waals surface area contributed by atoms with E-state index in [1.165, 1.54) is 24.3 Å². The van der Waals surface area contributed by atoms with Crippen molar-refractivity contribution in [3.8, 4) is 6.07 Å². The number of rotatable bonds is 7. The first-order valence-corrected chi connectivity index (χ1v) is 8.51. The van der Waals surface area contributed by atoms with E-state index in [9.17, 15) is 14.0 Å². The molecule has 0 aliphatic carbocycles. The molecule has 2 rings (SSSR count). The van der Waals surface area contributed by atoms with Gasteiger partial charge in [-0.1, -0.05) is 18.2 Å². The van der Waals surface area contributed by atoms with E-state index in [-0.39, 0.29) is 29.8 Å². The van der Waals surface area contributed by atoms with E-state index in [1.807, 2.05) is 6.07 Å². The third-order valence-electron chi connectivity index (χ3n) is 3.11. The normalized spacial score (nSPS) is 9.92. The molecule has 0 aliphatic rings. The third-order valence-corrected chi connectivity index (χ3v) is 4.01. The third kappa shape index (κ3) is 6.28. The number of halogens is 1. The first-order valence-electron chi connectivity index (χ1n) is 7.35. The average molecular weight is 358 g/mol. The van der Waals surface area contributed by atoms with Gasteiger partial charge in [-0.05, 0) is 30.3 Å². The predicted molar refractivity (Wildman–Crippen MR) is 93.3 cm³/mol. The monoisotopic (exact) mass is 358 g/mol. The molecule has 2 aromatic rings. The molecule has 1 amide bonds. The maximum Gasteiger partial charge on any atom is 0.316 e. The van der Waals surface area contributed by atoms with Gasteiger partial charge in [0.25, 0.3) is 0 Å². The number of nitrogens with one attached hydrogen (secondary N) is 1. The van der Waals surface area contributed by atoms with E-state index >= 15 is 0 Å². The highest BCUT2D eigenvalue weighted by molar-refractivity contribution is 8.00. The lowest BCUT2D eigenvalue weighted by Gasteiger charge is -2.07.